The minimum atomic E-state index is -0.296. The zero-order valence-electron chi connectivity index (χ0n) is 12.7. The predicted molar refractivity (Wildman–Crippen MR) is 90.6 cm³/mol. The number of esters is 1. The molecule has 0 aliphatic heterocycles. The summed E-state index contributed by atoms with van der Waals surface area (Å²) in [5, 5.41) is 2.37. The van der Waals surface area contributed by atoms with Crippen molar-refractivity contribution in [3.05, 3.63) is 54.6 Å². The third-order valence-corrected chi connectivity index (χ3v) is 3.72. The molecule has 0 bridgehead atoms. The van der Waals surface area contributed by atoms with Crippen LogP contribution < -0.4 is 0 Å². The number of carbonyl (C=O) groups is 1. The highest BCUT2D eigenvalue weighted by Gasteiger charge is 2.07. The van der Waals surface area contributed by atoms with Gasteiger partial charge in [0.2, 0.25) is 0 Å². The first-order valence-electron chi connectivity index (χ1n) is 7.64. The van der Waals surface area contributed by atoms with Gasteiger partial charge in [-0.05, 0) is 18.6 Å². The second kappa shape index (κ2) is 6.48. The number of benzene rings is 2. The molecule has 0 aliphatic rings. The van der Waals surface area contributed by atoms with Crippen molar-refractivity contribution in [2.45, 2.75) is 19.8 Å². The first-order valence-corrected chi connectivity index (χ1v) is 7.64. The molecule has 0 fully saturated rings. The fourth-order valence-electron chi connectivity index (χ4n) is 2.61. The zero-order valence-corrected chi connectivity index (χ0v) is 12.7. The smallest absolute Gasteiger partial charge is 0.332 e. The van der Waals surface area contributed by atoms with E-state index in [1.54, 1.807) is 6.20 Å². The van der Waals surface area contributed by atoms with Gasteiger partial charge in [-0.3, -0.25) is 0 Å². The number of fused-ring (bicyclic) bond motifs is 3. The molecular formula is C19H19NO2. The molecule has 22 heavy (non-hydrogen) atoms. The number of para-hydroxylation sites is 2. The molecule has 0 saturated carbocycles. The Kier molecular flexibility index (Phi) is 4.24. The van der Waals surface area contributed by atoms with Crippen molar-refractivity contribution < 1.29 is 9.53 Å². The van der Waals surface area contributed by atoms with Crippen LogP contribution >= 0.6 is 0 Å². The Balaban J connectivity index is 1.97. The Hall–Kier alpha value is -2.55. The summed E-state index contributed by atoms with van der Waals surface area (Å²) in [6.45, 7) is 2.55. The molecule has 0 spiro atoms. The third-order valence-electron chi connectivity index (χ3n) is 3.72. The number of hydrogen-bond acceptors (Lipinski definition) is 2. The van der Waals surface area contributed by atoms with Crippen LogP contribution in [0, 0.1) is 0 Å². The molecule has 0 N–H and O–H groups in total. The Morgan fingerprint density at radius 3 is 2.23 bits per heavy atom. The number of unbranched alkanes of at least 4 members (excludes halogenated alkanes) is 1. The van der Waals surface area contributed by atoms with Crippen LogP contribution in [0.25, 0.3) is 28.0 Å². The molecule has 1 heterocycles. The van der Waals surface area contributed by atoms with E-state index in [4.69, 9.17) is 4.74 Å². The predicted octanol–water partition coefficient (Wildman–Crippen LogP) is 4.61. The first kappa shape index (κ1) is 14.4. The summed E-state index contributed by atoms with van der Waals surface area (Å²) in [7, 11) is 0. The van der Waals surface area contributed by atoms with Gasteiger partial charge in [-0.2, -0.15) is 0 Å². The van der Waals surface area contributed by atoms with E-state index in [-0.39, 0.29) is 5.97 Å². The van der Waals surface area contributed by atoms with Crippen molar-refractivity contribution in [1.82, 2.24) is 4.57 Å². The minimum Gasteiger partial charge on any atom is -0.462 e. The van der Waals surface area contributed by atoms with Crippen molar-refractivity contribution in [2.24, 2.45) is 0 Å². The standard InChI is InChI=1S/C19H19NO2/c1-2-3-14-22-19(21)12-13-20-17-10-6-4-8-15(17)16-9-5-7-11-18(16)20/h4-13H,2-3,14H2,1H3/b13-12+. The average molecular weight is 293 g/mol. The maximum Gasteiger partial charge on any atom is 0.332 e. The second-order valence-electron chi connectivity index (χ2n) is 5.24. The lowest BCUT2D eigenvalue weighted by molar-refractivity contribution is -0.137. The summed E-state index contributed by atoms with van der Waals surface area (Å²) < 4.78 is 7.20. The van der Waals surface area contributed by atoms with Gasteiger partial charge in [0.25, 0.3) is 0 Å². The average Bonchev–Trinajstić information content (AvgIpc) is 2.87. The van der Waals surface area contributed by atoms with Crippen molar-refractivity contribution in [3.8, 4) is 0 Å². The molecule has 3 heteroatoms. The van der Waals surface area contributed by atoms with Gasteiger partial charge in [0.05, 0.1) is 17.6 Å². The number of aromatic nitrogens is 1. The van der Waals surface area contributed by atoms with E-state index in [0.717, 1.165) is 23.9 Å². The van der Waals surface area contributed by atoms with Gasteiger partial charge in [-0.1, -0.05) is 49.7 Å². The number of hydrogen-bond donors (Lipinski definition) is 0. The molecule has 0 amide bonds. The summed E-state index contributed by atoms with van der Waals surface area (Å²) in [6.07, 6.45) is 5.20. The fraction of sp³-hybridized carbons (Fsp3) is 0.211. The maximum absolute atomic E-state index is 11.8. The van der Waals surface area contributed by atoms with Gasteiger partial charge < -0.3 is 9.30 Å². The van der Waals surface area contributed by atoms with Crippen molar-refractivity contribution in [3.63, 3.8) is 0 Å². The lowest BCUT2D eigenvalue weighted by atomic mass is 10.2. The molecule has 0 atom stereocenters. The van der Waals surface area contributed by atoms with E-state index in [9.17, 15) is 4.79 Å². The summed E-state index contributed by atoms with van der Waals surface area (Å²) in [5.74, 6) is -0.296. The van der Waals surface area contributed by atoms with Gasteiger partial charge in [0, 0.05) is 23.0 Å². The largest absolute Gasteiger partial charge is 0.462 e. The van der Waals surface area contributed by atoms with Crippen LogP contribution in [0.1, 0.15) is 19.8 Å². The van der Waals surface area contributed by atoms with Crippen LogP contribution in [0.5, 0.6) is 0 Å². The van der Waals surface area contributed by atoms with E-state index in [1.165, 1.54) is 16.8 Å². The Bertz CT molecular complexity index is 776. The van der Waals surface area contributed by atoms with Crippen LogP contribution in [-0.2, 0) is 9.53 Å². The molecule has 0 unspecified atom stereocenters. The first-order chi connectivity index (χ1) is 10.8. The SMILES string of the molecule is CCCCOC(=O)/C=C/n1c2ccccc2c2ccccc21. The summed E-state index contributed by atoms with van der Waals surface area (Å²) >= 11 is 0. The number of carbonyl (C=O) groups excluding carboxylic acids is 1. The molecule has 3 aromatic rings. The van der Waals surface area contributed by atoms with Crippen molar-refractivity contribution in [1.29, 1.82) is 0 Å². The summed E-state index contributed by atoms with van der Waals surface area (Å²) in [5.41, 5.74) is 2.17. The number of rotatable bonds is 5. The Labute approximate surface area is 129 Å². The Morgan fingerprint density at radius 2 is 1.64 bits per heavy atom. The van der Waals surface area contributed by atoms with E-state index in [0.29, 0.717) is 6.61 Å². The molecule has 0 aliphatic carbocycles. The van der Waals surface area contributed by atoms with Gasteiger partial charge in [0.1, 0.15) is 0 Å². The normalized spacial score (nSPS) is 11.5. The lowest BCUT2D eigenvalue weighted by Crippen LogP contribution is -2.02. The third kappa shape index (κ3) is 2.75. The maximum atomic E-state index is 11.8. The number of ether oxygens (including phenoxy) is 1. The van der Waals surface area contributed by atoms with Crippen molar-refractivity contribution >= 4 is 34.0 Å². The molecule has 3 rings (SSSR count). The van der Waals surface area contributed by atoms with Crippen LogP contribution in [0.3, 0.4) is 0 Å². The quantitative estimate of drug-likeness (QED) is 0.391. The molecule has 3 nitrogen and oxygen atoms in total. The molecule has 0 radical (unpaired) electrons. The topological polar surface area (TPSA) is 31.2 Å². The van der Waals surface area contributed by atoms with E-state index < -0.39 is 0 Å². The molecule has 112 valence electrons. The van der Waals surface area contributed by atoms with E-state index in [1.807, 2.05) is 28.8 Å². The van der Waals surface area contributed by atoms with Crippen LogP contribution in [0.15, 0.2) is 54.6 Å². The summed E-state index contributed by atoms with van der Waals surface area (Å²) in [6, 6.07) is 16.4. The van der Waals surface area contributed by atoms with Gasteiger partial charge >= 0.3 is 5.97 Å². The zero-order chi connectivity index (χ0) is 15.4. The van der Waals surface area contributed by atoms with Gasteiger partial charge in [-0.25, -0.2) is 4.79 Å². The highest BCUT2D eigenvalue weighted by atomic mass is 16.5. The molecule has 0 saturated heterocycles. The van der Waals surface area contributed by atoms with Gasteiger partial charge in [-0.15, -0.1) is 0 Å². The van der Waals surface area contributed by atoms with Gasteiger partial charge in [0.15, 0.2) is 0 Å². The van der Waals surface area contributed by atoms with E-state index in [2.05, 4.69) is 31.2 Å². The number of nitrogens with zero attached hydrogens (tertiary/aromatic N) is 1. The summed E-state index contributed by atoms with van der Waals surface area (Å²) in [4.78, 5) is 11.8. The molecular weight excluding hydrogens is 274 g/mol. The highest BCUT2D eigenvalue weighted by Crippen LogP contribution is 2.28. The second-order valence-corrected chi connectivity index (χ2v) is 5.24. The fourth-order valence-corrected chi connectivity index (χ4v) is 2.61. The lowest BCUT2D eigenvalue weighted by Gasteiger charge is -2.01. The van der Waals surface area contributed by atoms with Crippen LogP contribution in [0.2, 0.25) is 0 Å². The van der Waals surface area contributed by atoms with Crippen molar-refractivity contribution in [2.75, 3.05) is 6.61 Å². The minimum absolute atomic E-state index is 0.296. The molecule has 1 aromatic heterocycles. The monoisotopic (exact) mass is 293 g/mol. The highest BCUT2D eigenvalue weighted by molar-refractivity contribution is 6.09. The van der Waals surface area contributed by atoms with E-state index >= 15 is 0 Å². The molecule has 2 aromatic carbocycles. The Morgan fingerprint density at radius 1 is 1.05 bits per heavy atom. The van der Waals surface area contributed by atoms with Crippen LogP contribution in [0.4, 0.5) is 0 Å². The van der Waals surface area contributed by atoms with Crippen LogP contribution in [-0.4, -0.2) is 17.1 Å².